The third-order valence-corrected chi connectivity index (χ3v) is 5.23. The number of allylic oxidation sites excluding steroid dienone is 1. The molecule has 0 radical (unpaired) electrons. The highest BCUT2D eigenvalue weighted by molar-refractivity contribution is 8.18. The van der Waals surface area contributed by atoms with E-state index in [0.717, 1.165) is 48.1 Å². The van der Waals surface area contributed by atoms with E-state index >= 15 is 0 Å². The van der Waals surface area contributed by atoms with Gasteiger partial charge in [-0.05, 0) is 45.4 Å². The van der Waals surface area contributed by atoms with E-state index in [9.17, 15) is 4.79 Å². The molecule has 2 aliphatic rings. The Bertz CT molecular complexity index is 474. The lowest BCUT2D eigenvalue weighted by atomic mass is 9.96. The summed E-state index contributed by atoms with van der Waals surface area (Å²) in [5, 5.41) is 4.19. The summed E-state index contributed by atoms with van der Waals surface area (Å²) >= 11 is 1.52. The molecule has 2 aliphatic heterocycles. The van der Waals surface area contributed by atoms with Crippen molar-refractivity contribution >= 4 is 35.2 Å². The average molecular weight is 346 g/mol. The molecule has 1 N–H and O–H groups in total. The Hall–Kier alpha value is -0.680. The summed E-state index contributed by atoms with van der Waals surface area (Å²) in [5.41, 5.74) is 0.908. The minimum absolute atomic E-state index is 0. The normalized spacial score (nSPS) is 17.8. The second-order valence-corrected chi connectivity index (χ2v) is 7.46. The first kappa shape index (κ1) is 19.4. The number of unbranched alkanes of at least 4 members (excludes halogenated alkanes) is 2. The van der Waals surface area contributed by atoms with Crippen LogP contribution in [-0.4, -0.2) is 34.6 Å². The lowest BCUT2D eigenvalue weighted by Gasteiger charge is -2.26. The maximum absolute atomic E-state index is 12.6. The zero-order valence-corrected chi connectivity index (χ0v) is 15.7. The lowest BCUT2D eigenvalue weighted by molar-refractivity contribution is -0.118. The number of rotatable bonds is 6. The van der Waals surface area contributed by atoms with Gasteiger partial charge in [-0.2, -0.15) is 0 Å². The van der Waals surface area contributed by atoms with Crippen molar-refractivity contribution in [3.05, 3.63) is 10.6 Å². The van der Waals surface area contributed by atoms with E-state index in [0.29, 0.717) is 0 Å². The SMILES string of the molecule is CCCCCC(C)(C)NC(=O)C1=C(C)N2CCCN=C2S1.Cl. The van der Waals surface area contributed by atoms with Crippen molar-refractivity contribution in [2.75, 3.05) is 13.1 Å². The van der Waals surface area contributed by atoms with E-state index < -0.39 is 0 Å². The molecule has 6 heteroatoms. The van der Waals surface area contributed by atoms with Gasteiger partial charge in [0.05, 0.1) is 4.91 Å². The first-order valence-electron chi connectivity index (χ1n) is 7.98. The van der Waals surface area contributed by atoms with E-state index in [1.807, 2.05) is 6.92 Å². The number of nitrogens with zero attached hydrogens (tertiary/aromatic N) is 2. The van der Waals surface area contributed by atoms with Gasteiger partial charge in [0.25, 0.3) is 5.91 Å². The van der Waals surface area contributed by atoms with E-state index in [1.165, 1.54) is 24.6 Å². The zero-order valence-electron chi connectivity index (χ0n) is 14.1. The number of hydrogen-bond donors (Lipinski definition) is 1. The number of nitrogens with one attached hydrogen (secondary N) is 1. The van der Waals surface area contributed by atoms with Crippen LogP contribution in [0.1, 0.15) is 59.8 Å². The number of thioether (sulfide) groups is 1. The third kappa shape index (κ3) is 4.66. The Balaban J connectivity index is 0.00000242. The van der Waals surface area contributed by atoms with Gasteiger partial charge in [-0.15, -0.1) is 12.4 Å². The summed E-state index contributed by atoms with van der Waals surface area (Å²) in [6.07, 6.45) is 5.68. The van der Waals surface area contributed by atoms with Crippen molar-refractivity contribution < 1.29 is 4.79 Å². The monoisotopic (exact) mass is 345 g/mol. The number of aliphatic imine (C=N–C) groups is 1. The quantitative estimate of drug-likeness (QED) is 0.742. The summed E-state index contributed by atoms with van der Waals surface area (Å²) in [6.45, 7) is 10.3. The summed E-state index contributed by atoms with van der Waals surface area (Å²) in [6, 6.07) is 0. The molecule has 1 amide bonds. The van der Waals surface area contributed by atoms with Gasteiger partial charge >= 0.3 is 0 Å². The summed E-state index contributed by atoms with van der Waals surface area (Å²) in [5.74, 6) is 0.0519. The highest BCUT2D eigenvalue weighted by Gasteiger charge is 2.33. The van der Waals surface area contributed by atoms with E-state index in [-0.39, 0.29) is 23.9 Å². The number of hydrogen-bond acceptors (Lipinski definition) is 4. The maximum atomic E-state index is 12.6. The average Bonchev–Trinajstić information content (AvgIpc) is 2.76. The van der Waals surface area contributed by atoms with Crippen LogP contribution in [-0.2, 0) is 4.79 Å². The van der Waals surface area contributed by atoms with Crippen LogP contribution >= 0.6 is 24.2 Å². The van der Waals surface area contributed by atoms with Crippen LogP contribution in [0.25, 0.3) is 0 Å². The van der Waals surface area contributed by atoms with Crippen LogP contribution < -0.4 is 5.32 Å². The second kappa shape index (κ2) is 8.25. The Labute approximate surface area is 144 Å². The fraction of sp³-hybridized carbons (Fsp3) is 0.750. The molecule has 2 heterocycles. The van der Waals surface area contributed by atoms with Crippen molar-refractivity contribution in [3.63, 3.8) is 0 Å². The molecule has 0 spiro atoms. The van der Waals surface area contributed by atoms with Gasteiger partial charge in [0.15, 0.2) is 5.17 Å². The number of carbonyl (C=O) groups is 1. The van der Waals surface area contributed by atoms with Gasteiger partial charge < -0.3 is 10.2 Å². The van der Waals surface area contributed by atoms with Crippen LogP contribution in [0, 0.1) is 0 Å². The highest BCUT2D eigenvalue weighted by atomic mass is 35.5. The van der Waals surface area contributed by atoms with Crippen LogP contribution in [0.5, 0.6) is 0 Å². The fourth-order valence-corrected chi connectivity index (χ4v) is 3.80. The molecule has 2 rings (SSSR count). The number of amides is 1. The second-order valence-electron chi connectivity index (χ2n) is 6.48. The first-order chi connectivity index (χ1) is 9.94. The molecule has 0 atom stereocenters. The smallest absolute Gasteiger partial charge is 0.260 e. The van der Waals surface area contributed by atoms with E-state index in [4.69, 9.17) is 0 Å². The third-order valence-electron chi connectivity index (χ3n) is 4.01. The lowest BCUT2D eigenvalue weighted by Crippen LogP contribution is -2.43. The minimum atomic E-state index is -0.148. The minimum Gasteiger partial charge on any atom is -0.347 e. The molecule has 0 aromatic rings. The van der Waals surface area contributed by atoms with Crippen molar-refractivity contribution in [1.82, 2.24) is 10.2 Å². The highest BCUT2D eigenvalue weighted by Crippen LogP contribution is 2.36. The van der Waals surface area contributed by atoms with E-state index in [1.54, 1.807) is 0 Å². The maximum Gasteiger partial charge on any atom is 0.260 e. The molecule has 0 saturated heterocycles. The molecule has 0 saturated carbocycles. The molecule has 0 bridgehead atoms. The molecule has 0 aromatic heterocycles. The number of amidine groups is 1. The van der Waals surface area contributed by atoms with Gasteiger partial charge in [0.1, 0.15) is 0 Å². The van der Waals surface area contributed by atoms with Gasteiger partial charge in [0, 0.05) is 24.3 Å². The van der Waals surface area contributed by atoms with E-state index in [2.05, 4.69) is 36.0 Å². The molecule has 0 aliphatic carbocycles. The Morgan fingerprint density at radius 1 is 1.41 bits per heavy atom. The topological polar surface area (TPSA) is 44.7 Å². The van der Waals surface area contributed by atoms with Crippen LogP contribution in [0.3, 0.4) is 0 Å². The van der Waals surface area contributed by atoms with Crippen molar-refractivity contribution in [2.24, 2.45) is 4.99 Å². The Kier molecular flexibility index (Phi) is 7.26. The predicted molar refractivity (Wildman–Crippen MR) is 97.5 cm³/mol. The molecule has 0 unspecified atom stereocenters. The van der Waals surface area contributed by atoms with Crippen molar-refractivity contribution in [2.45, 2.75) is 65.3 Å². The fourth-order valence-electron chi connectivity index (χ4n) is 2.72. The molecule has 0 aromatic carbocycles. The Morgan fingerprint density at radius 3 is 2.77 bits per heavy atom. The van der Waals surface area contributed by atoms with Crippen molar-refractivity contribution in [1.29, 1.82) is 0 Å². The van der Waals surface area contributed by atoms with Gasteiger partial charge in [-0.25, -0.2) is 0 Å². The number of carbonyl (C=O) groups excluding carboxylic acids is 1. The zero-order chi connectivity index (χ0) is 15.5. The van der Waals surface area contributed by atoms with Gasteiger partial charge in [0.2, 0.25) is 0 Å². The number of fused-ring (bicyclic) bond motifs is 1. The summed E-state index contributed by atoms with van der Waals surface area (Å²) in [7, 11) is 0. The molecular weight excluding hydrogens is 318 g/mol. The molecule has 22 heavy (non-hydrogen) atoms. The first-order valence-corrected chi connectivity index (χ1v) is 8.79. The molecule has 0 fully saturated rings. The molecular formula is C16H28ClN3OS. The summed E-state index contributed by atoms with van der Waals surface area (Å²) < 4.78 is 0. The molecule has 4 nitrogen and oxygen atoms in total. The summed E-state index contributed by atoms with van der Waals surface area (Å²) in [4.78, 5) is 20.1. The Morgan fingerprint density at radius 2 is 2.14 bits per heavy atom. The number of halogens is 1. The van der Waals surface area contributed by atoms with Crippen LogP contribution in [0.2, 0.25) is 0 Å². The van der Waals surface area contributed by atoms with Crippen LogP contribution in [0.4, 0.5) is 0 Å². The van der Waals surface area contributed by atoms with Gasteiger partial charge in [-0.1, -0.05) is 26.2 Å². The van der Waals surface area contributed by atoms with Crippen molar-refractivity contribution in [3.8, 4) is 0 Å². The predicted octanol–water partition coefficient (Wildman–Crippen LogP) is 3.92. The van der Waals surface area contributed by atoms with Gasteiger partial charge in [-0.3, -0.25) is 9.79 Å². The molecule has 126 valence electrons. The van der Waals surface area contributed by atoms with Crippen LogP contribution in [0.15, 0.2) is 15.6 Å². The standard InChI is InChI=1S/C16H27N3OS.ClH/c1-5-6-7-9-16(3,4)18-14(20)13-12(2)19-11-8-10-17-15(19)21-13;/h5-11H2,1-4H3,(H,18,20);1H. The largest absolute Gasteiger partial charge is 0.347 e.